The molecule has 0 spiro atoms. The number of methoxy groups -OCH3 is 1. The summed E-state index contributed by atoms with van der Waals surface area (Å²) in [5, 5.41) is 0.898. The number of hydrogen-bond donors (Lipinski definition) is 0. The Kier molecular flexibility index (Phi) is 6.55. The zero-order chi connectivity index (χ0) is 29.8. The van der Waals surface area contributed by atoms with Crippen molar-refractivity contribution in [3.8, 4) is 11.1 Å². The normalized spacial score (nSPS) is 12.2. The van der Waals surface area contributed by atoms with Crippen LogP contribution in [0, 0.1) is 13.8 Å². The van der Waals surface area contributed by atoms with Crippen LogP contribution in [0.5, 0.6) is 0 Å². The summed E-state index contributed by atoms with van der Waals surface area (Å²) in [5.74, 6) is -0.650. The summed E-state index contributed by atoms with van der Waals surface area (Å²) in [6.07, 6.45) is 2.92. The molecule has 0 fully saturated rings. The second-order valence-electron chi connectivity index (χ2n) is 10.0. The van der Waals surface area contributed by atoms with Gasteiger partial charge in [-0.1, -0.05) is 59.7 Å². The first-order chi connectivity index (χ1) is 20.0. The Hall–Kier alpha value is -4.67. The van der Waals surface area contributed by atoms with E-state index in [1.165, 1.54) is 35.6 Å². The van der Waals surface area contributed by atoms with E-state index < -0.39 is 26.0 Å². The highest BCUT2D eigenvalue weighted by molar-refractivity contribution is 7.90. The zero-order valence-corrected chi connectivity index (χ0v) is 24.6. The second-order valence-corrected chi connectivity index (χ2v) is 13.7. The van der Waals surface area contributed by atoms with Gasteiger partial charge in [0.1, 0.15) is 0 Å². The predicted molar refractivity (Wildman–Crippen MR) is 162 cm³/mol. The van der Waals surface area contributed by atoms with Gasteiger partial charge in [0.05, 0.1) is 33.5 Å². The van der Waals surface area contributed by atoms with Crippen LogP contribution in [0.4, 0.5) is 0 Å². The number of para-hydroxylation sites is 1. The average molecular weight is 599 g/mol. The molecule has 0 saturated carbocycles. The van der Waals surface area contributed by atoms with E-state index in [0.717, 1.165) is 15.1 Å². The van der Waals surface area contributed by atoms with Crippen LogP contribution < -0.4 is 0 Å². The van der Waals surface area contributed by atoms with E-state index in [4.69, 9.17) is 4.74 Å². The SMILES string of the molecule is COC(=O)c1cccc2c1c(-c1cn(S(=O)(=O)c3ccc(C)cc3)c3ccccc13)cn2S(=O)(=O)c1ccc(C)cc1. The number of esters is 1. The lowest BCUT2D eigenvalue weighted by atomic mass is 10.0. The van der Waals surface area contributed by atoms with Crippen molar-refractivity contribution in [2.24, 2.45) is 0 Å². The van der Waals surface area contributed by atoms with E-state index in [0.29, 0.717) is 27.4 Å². The number of aryl methyl sites for hydroxylation is 2. The van der Waals surface area contributed by atoms with Crippen LogP contribution in [0.15, 0.2) is 113 Å². The monoisotopic (exact) mass is 598 g/mol. The Labute approximate surface area is 243 Å². The molecule has 6 rings (SSSR count). The minimum absolute atomic E-state index is 0.0735. The minimum atomic E-state index is -4.10. The van der Waals surface area contributed by atoms with Crippen molar-refractivity contribution in [1.29, 1.82) is 0 Å². The fourth-order valence-electron chi connectivity index (χ4n) is 5.15. The van der Waals surface area contributed by atoms with Gasteiger partial charge in [0.25, 0.3) is 20.0 Å². The van der Waals surface area contributed by atoms with Gasteiger partial charge in [0.2, 0.25) is 0 Å². The highest BCUT2D eigenvalue weighted by Crippen LogP contribution is 2.40. The average Bonchev–Trinajstić information content (AvgIpc) is 3.57. The van der Waals surface area contributed by atoms with Crippen LogP contribution in [-0.4, -0.2) is 37.9 Å². The fourth-order valence-corrected chi connectivity index (χ4v) is 7.88. The molecule has 42 heavy (non-hydrogen) atoms. The molecule has 0 N–H and O–H groups in total. The summed E-state index contributed by atoms with van der Waals surface area (Å²) in [4.78, 5) is 13.1. The van der Waals surface area contributed by atoms with E-state index >= 15 is 0 Å². The van der Waals surface area contributed by atoms with Gasteiger partial charge >= 0.3 is 5.97 Å². The standard InChI is InChI=1S/C32H26N2O6S2/c1-21-11-15-23(16-12-21)41(36,37)33-19-27(25-7-4-5-9-29(25)33)28-20-34(42(38,39)24-17-13-22(2)14-18-24)30-10-6-8-26(31(28)30)32(35)40-3/h4-20H,1-3H3. The predicted octanol–water partition coefficient (Wildman–Crippen LogP) is 6.14. The molecule has 2 heterocycles. The van der Waals surface area contributed by atoms with Crippen molar-refractivity contribution in [2.45, 2.75) is 23.6 Å². The van der Waals surface area contributed by atoms with Gasteiger partial charge in [-0.25, -0.2) is 29.6 Å². The molecular weight excluding hydrogens is 572 g/mol. The van der Waals surface area contributed by atoms with E-state index in [2.05, 4.69) is 0 Å². The molecule has 0 radical (unpaired) electrons. The van der Waals surface area contributed by atoms with Gasteiger partial charge < -0.3 is 4.74 Å². The van der Waals surface area contributed by atoms with Gasteiger partial charge in [-0.2, -0.15) is 0 Å². The number of fused-ring (bicyclic) bond motifs is 2. The van der Waals surface area contributed by atoms with Crippen LogP contribution in [0.2, 0.25) is 0 Å². The van der Waals surface area contributed by atoms with Gasteiger partial charge in [0, 0.05) is 34.3 Å². The number of carbonyl (C=O) groups excluding carboxylic acids is 1. The summed E-state index contributed by atoms with van der Waals surface area (Å²) in [6, 6.07) is 24.8. The lowest BCUT2D eigenvalue weighted by molar-refractivity contribution is 0.0603. The van der Waals surface area contributed by atoms with E-state index in [1.54, 1.807) is 78.9 Å². The Bertz CT molecular complexity index is 2230. The first-order valence-corrected chi connectivity index (χ1v) is 15.9. The zero-order valence-electron chi connectivity index (χ0n) is 23.0. The maximum absolute atomic E-state index is 13.9. The smallest absolute Gasteiger partial charge is 0.338 e. The third-order valence-electron chi connectivity index (χ3n) is 7.32. The van der Waals surface area contributed by atoms with Crippen molar-refractivity contribution >= 4 is 47.8 Å². The number of carbonyl (C=O) groups is 1. The second kappa shape index (κ2) is 10.0. The molecule has 0 aliphatic heterocycles. The molecule has 10 heteroatoms. The molecule has 212 valence electrons. The van der Waals surface area contributed by atoms with Crippen molar-refractivity contribution in [3.05, 3.63) is 120 Å². The summed E-state index contributed by atoms with van der Waals surface area (Å²) in [5.41, 5.74) is 3.46. The number of hydrogen-bond acceptors (Lipinski definition) is 6. The maximum Gasteiger partial charge on any atom is 0.338 e. The quantitative estimate of drug-likeness (QED) is 0.213. The van der Waals surface area contributed by atoms with Crippen LogP contribution in [0.25, 0.3) is 32.9 Å². The molecule has 0 atom stereocenters. The third-order valence-corrected chi connectivity index (χ3v) is 10.7. The Morgan fingerprint density at radius 3 is 1.69 bits per heavy atom. The molecule has 8 nitrogen and oxygen atoms in total. The molecule has 4 aromatic carbocycles. The van der Waals surface area contributed by atoms with Crippen LogP contribution in [0.3, 0.4) is 0 Å². The highest BCUT2D eigenvalue weighted by atomic mass is 32.2. The van der Waals surface area contributed by atoms with Crippen molar-refractivity contribution < 1.29 is 26.4 Å². The highest BCUT2D eigenvalue weighted by Gasteiger charge is 2.28. The third kappa shape index (κ3) is 4.31. The van der Waals surface area contributed by atoms with Crippen molar-refractivity contribution in [3.63, 3.8) is 0 Å². The molecule has 0 saturated heterocycles. The van der Waals surface area contributed by atoms with E-state index in [9.17, 15) is 21.6 Å². The van der Waals surface area contributed by atoms with Crippen molar-refractivity contribution in [1.82, 2.24) is 7.94 Å². The summed E-state index contributed by atoms with van der Waals surface area (Å²) >= 11 is 0. The minimum Gasteiger partial charge on any atom is -0.465 e. The first kappa shape index (κ1) is 27.5. The fraction of sp³-hybridized carbons (Fsp3) is 0.0938. The van der Waals surface area contributed by atoms with Gasteiger partial charge in [0.15, 0.2) is 0 Å². The lowest BCUT2D eigenvalue weighted by Crippen LogP contribution is -2.12. The van der Waals surface area contributed by atoms with Crippen LogP contribution in [-0.2, 0) is 24.8 Å². The van der Waals surface area contributed by atoms with Crippen LogP contribution >= 0.6 is 0 Å². The molecule has 2 aromatic heterocycles. The van der Waals surface area contributed by atoms with Crippen LogP contribution in [0.1, 0.15) is 21.5 Å². The number of benzene rings is 4. The van der Waals surface area contributed by atoms with Gasteiger partial charge in [-0.05, 0) is 56.3 Å². The molecule has 0 bridgehead atoms. The molecular formula is C32H26N2O6S2. The van der Waals surface area contributed by atoms with E-state index in [-0.39, 0.29) is 20.9 Å². The Morgan fingerprint density at radius 1 is 0.619 bits per heavy atom. The number of ether oxygens (including phenoxy) is 1. The molecule has 0 amide bonds. The summed E-state index contributed by atoms with van der Waals surface area (Å²) in [6.45, 7) is 3.74. The van der Waals surface area contributed by atoms with Gasteiger partial charge in [-0.3, -0.25) is 0 Å². The molecule has 0 aliphatic carbocycles. The topological polar surface area (TPSA) is 104 Å². The molecule has 6 aromatic rings. The lowest BCUT2D eigenvalue weighted by Gasteiger charge is -2.08. The summed E-state index contributed by atoms with van der Waals surface area (Å²) < 4.78 is 63.0. The Morgan fingerprint density at radius 2 is 1.12 bits per heavy atom. The maximum atomic E-state index is 13.9. The molecule has 0 unspecified atom stereocenters. The van der Waals surface area contributed by atoms with E-state index in [1.807, 2.05) is 13.8 Å². The van der Waals surface area contributed by atoms with Crippen molar-refractivity contribution in [2.75, 3.05) is 7.11 Å². The number of aromatic nitrogens is 2. The summed E-state index contributed by atoms with van der Waals surface area (Å²) in [7, 11) is -6.87. The Balaban J connectivity index is 1.69. The number of rotatable bonds is 6. The van der Waals surface area contributed by atoms with Gasteiger partial charge in [-0.15, -0.1) is 0 Å². The first-order valence-electron chi connectivity index (χ1n) is 13.0. The largest absolute Gasteiger partial charge is 0.465 e. The number of nitrogens with zero attached hydrogens (tertiary/aromatic N) is 2. The molecule has 0 aliphatic rings.